The highest BCUT2D eigenvalue weighted by Crippen LogP contribution is 2.49. The Morgan fingerprint density at radius 3 is 2.52 bits per heavy atom. The molecule has 1 spiro atoms. The van der Waals surface area contributed by atoms with Crippen molar-refractivity contribution in [1.29, 1.82) is 0 Å². The minimum Gasteiger partial charge on any atom is -0.481 e. The van der Waals surface area contributed by atoms with E-state index in [1.807, 2.05) is 0 Å². The average Bonchev–Trinajstić information content (AvgIpc) is 3.05. The molecule has 3 rings (SSSR count). The SMILES string of the molecule is CC[C@H](C)C[C@H](C)[C@@H]1C[C@@H]2OC3(C[C@H](C)[C@H](OC)[C@H](CC(=O)O)O3)C[C@H](C)[C@@H]2O1. The molecule has 0 aromatic carbocycles. The summed E-state index contributed by atoms with van der Waals surface area (Å²) in [6, 6.07) is 0. The molecule has 1 unspecified atom stereocenters. The number of methoxy groups -OCH3 is 1. The highest BCUT2D eigenvalue weighted by atomic mass is 16.7. The van der Waals surface area contributed by atoms with Gasteiger partial charge in [-0.15, -0.1) is 0 Å². The molecule has 6 nitrogen and oxygen atoms in total. The van der Waals surface area contributed by atoms with Crippen LogP contribution in [-0.2, 0) is 23.7 Å². The molecule has 1 N–H and O–H groups in total. The van der Waals surface area contributed by atoms with Crippen molar-refractivity contribution >= 4 is 5.97 Å². The number of fused-ring (bicyclic) bond motifs is 1. The topological polar surface area (TPSA) is 74.2 Å². The van der Waals surface area contributed by atoms with Gasteiger partial charge >= 0.3 is 5.97 Å². The van der Waals surface area contributed by atoms with Gasteiger partial charge in [0.15, 0.2) is 5.79 Å². The minimum absolute atomic E-state index is 0.0138. The van der Waals surface area contributed by atoms with Crippen LogP contribution in [0.1, 0.15) is 73.1 Å². The van der Waals surface area contributed by atoms with Crippen molar-refractivity contribution in [2.75, 3.05) is 7.11 Å². The Hall–Kier alpha value is -0.690. The Bertz CT molecular complexity index is 568. The lowest BCUT2D eigenvalue weighted by Gasteiger charge is -2.52. The zero-order valence-corrected chi connectivity index (χ0v) is 18.9. The van der Waals surface area contributed by atoms with Crippen LogP contribution < -0.4 is 0 Å². The third-order valence-electron chi connectivity index (χ3n) is 7.40. The summed E-state index contributed by atoms with van der Waals surface area (Å²) in [5.74, 6) is 0.0898. The second-order valence-electron chi connectivity index (χ2n) is 9.99. The molecule has 10 atom stereocenters. The lowest BCUT2D eigenvalue weighted by Crippen LogP contribution is -2.59. The van der Waals surface area contributed by atoms with Crippen LogP contribution in [0.4, 0.5) is 0 Å². The van der Waals surface area contributed by atoms with Crippen LogP contribution in [0, 0.1) is 23.7 Å². The van der Waals surface area contributed by atoms with E-state index in [4.69, 9.17) is 18.9 Å². The maximum Gasteiger partial charge on any atom is 0.306 e. The second kappa shape index (κ2) is 9.21. The van der Waals surface area contributed by atoms with Crippen molar-refractivity contribution in [2.45, 2.75) is 109 Å². The Labute approximate surface area is 175 Å². The summed E-state index contributed by atoms with van der Waals surface area (Å²) in [5, 5.41) is 9.35. The normalized spacial score (nSPS) is 44.4. The van der Waals surface area contributed by atoms with E-state index in [0.29, 0.717) is 17.8 Å². The molecule has 0 aromatic rings. The van der Waals surface area contributed by atoms with E-state index in [1.165, 1.54) is 12.8 Å². The quantitative estimate of drug-likeness (QED) is 0.674. The zero-order valence-electron chi connectivity index (χ0n) is 18.9. The summed E-state index contributed by atoms with van der Waals surface area (Å²) in [5.41, 5.74) is 0. The summed E-state index contributed by atoms with van der Waals surface area (Å²) in [6.07, 6.45) is 4.26. The lowest BCUT2D eigenvalue weighted by atomic mass is 9.79. The molecule has 0 amide bonds. The molecule has 3 heterocycles. The molecule has 3 aliphatic heterocycles. The monoisotopic (exact) mass is 412 g/mol. The number of ether oxygens (including phenoxy) is 4. The lowest BCUT2D eigenvalue weighted by molar-refractivity contribution is -0.354. The van der Waals surface area contributed by atoms with Gasteiger partial charge in [-0.1, -0.05) is 41.0 Å². The molecule has 0 saturated carbocycles. The number of carboxylic acid groups (broad SMARTS) is 1. The number of hydrogen-bond acceptors (Lipinski definition) is 5. The van der Waals surface area contributed by atoms with Gasteiger partial charge in [-0.2, -0.15) is 0 Å². The molecule has 0 aromatic heterocycles. The van der Waals surface area contributed by atoms with E-state index in [-0.39, 0.29) is 36.8 Å². The smallest absolute Gasteiger partial charge is 0.306 e. The first-order valence-corrected chi connectivity index (χ1v) is 11.4. The number of hydrogen-bond donors (Lipinski definition) is 1. The highest BCUT2D eigenvalue weighted by Gasteiger charge is 2.56. The van der Waals surface area contributed by atoms with E-state index >= 15 is 0 Å². The van der Waals surface area contributed by atoms with Crippen LogP contribution in [0.2, 0.25) is 0 Å². The van der Waals surface area contributed by atoms with Gasteiger partial charge in [0.2, 0.25) is 0 Å². The highest BCUT2D eigenvalue weighted by molar-refractivity contribution is 5.67. The minimum atomic E-state index is -0.869. The first-order valence-electron chi connectivity index (χ1n) is 11.4. The Balaban J connectivity index is 1.71. The van der Waals surface area contributed by atoms with Crippen molar-refractivity contribution < 1.29 is 28.8 Å². The first-order chi connectivity index (χ1) is 13.7. The van der Waals surface area contributed by atoms with Crippen molar-refractivity contribution in [3.8, 4) is 0 Å². The van der Waals surface area contributed by atoms with Gasteiger partial charge < -0.3 is 24.1 Å². The van der Waals surface area contributed by atoms with Gasteiger partial charge in [0.05, 0.1) is 36.9 Å². The third-order valence-corrected chi connectivity index (χ3v) is 7.40. The van der Waals surface area contributed by atoms with Gasteiger partial charge in [0, 0.05) is 26.4 Å². The van der Waals surface area contributed by atoms with Crippen LogP contribution >= 0.6 is 0 Å². The molecule has 3 fully saturated rings. The molecule has 168 valence electrons. The van der Waals surface area contributed by atoms with Gasteiger partial charge in [-0.25, -0.2) is 0 Å². The summed E-state index contributed by atoms with van der Waals surface area (Å²) in [6.45, 7) is 11.2. The molecule has 29 heavy (non-hydrogen) atoms. The van der Waals surface area contributed by atoms with E-state index in [9.17, 15) is 9.90 Å². The Morgan fingerprint density at radius 1 is 1.21 bits per heavy atom. The number of aliphatic carboxylic acids is 1. The van der Waals surface area contributed by atoms with E-state index in [0.717, 1.165) is 19.3 Å². The Kier molecular flexibility index (Phi) is 7.30. The molecule has 6 heteroatoms. The number of rotatable bonds is 7. The summed E-state index contributed by atoms with van der Waals surface area (Å²) in [4.78, 5) is 11.4. The third kappa shape index (κ3) is 4.97. The van der Waals surface area contributed by atoms with Crippen molar-refractivity contribution in [3.05, 3.63) is 0 Å². The van der Waals surface area contributed by atoms with Crippen LogP contribution in [0.5, 0.6) is 0 Å². The van der Waals surface area contributed by atoms with Crippen LogP contribution in [0.25, 0.3) is 0 Å². The second-order valence-corrected chi connectivity index (χ2v) is 9.99. The predicted octanol–water partition coefficient (Wildman–Crippen LogP) is 4.25. The molecule has 0 radical (unpaired) electrons. The van der Waals surface area contributed by atoms with Crippen molar-refractivity contribution in [1.82, 2.24) is 0 Å². The average molecular weight is 413 g/mol. The fourth-order valence-corrected chi connectivity index (χ4v) is 5.86. The number of carbonyl (C=O) groups is 1. The number of carboxylic acids is 1. The summed E-state index contributed by atoms with van der Waals surface area (Å²) >= 11 is 0. The summed E-state index contributed by atoms with van der Waals surface area (Å²) < 4.78 is 25.0. The molecule has 0 bridgehead atoms. The maximum atomic E-state index is 11.4. The first kappa shape index (κ1) is 23.0. The predicted molar refractivity (Wildman–Crippen MR) is 110 cm³/mol. The largest absolute Gasteiger partial charge is 0.481 e. The van der Waals surface area contributed by atoms with Crippen molar-refractivity contribution in [2.24, 2.45) is 23.7 Å². The van der Waals surface area contributed by atoms with Gasteiger partial charge in [-0.3, -0.25) is 4.79 Å². The van der Waals surface area contributed by atoms with Gasteiger partial charge in [0.1, 0.15) is 0 Å². The molecule has 0 aliphatic carbocycles. The molecule has 3 saturated heterocycles. The van der Waals surface area contributed by atoms with E-state index in [2.05, 4.69) is 34.6 Å². The molecular formula is C23H40O6. The fraction of sp³-hybridized carbons (Fsp3) is 0.957. The zero-order chi connectivity index (χ0) is 21.3. The van der Waals surface area contributed by atoms with Crippen LogP contribution in [0.3, 0.4) is 0 Å². The van der Waals surface area contributed by atoms with Gasteiger partial charge in [0.25, 0.3) is 0 Å². The Morgan fingerprint density at radius 2 is 1.90 bits per heavy atom. The summed E-state index contributed by atoms with van der Waals surface area (Å²) in [7, 11) is 1.63. The van der Waals surface area contributed by atoms with Crippen molar-refractivity contribution in [3.63, 3.8) is 0 Å². The van der Waals surface area contributed by atoms with E-state index < -0.39 is 17.9 Å². The van der Waals surface area contributed by atoms with Crippen LogP contribution in [0.15, 0.2) is 0 Å². The van der Waals surface area contributed by atoms with Gasteiger partial charge in [-0.05, 0) is 30.1 Å². The molecular weight excluding hydrogens is 372 g/mol. The standard InChI is InChI=1S/C23H40O6/c1-7-13(2)8-14(3)17-9-18-22(27-17)16(5)12-23(28-18)11-15(4)21(26-6)19(29-23)10-20(24)25/h13-19,21-22H,7-12H2,1-6H3,(H,24,25)/t13-,14-,15-,16-,17-,18-,19-,21-,22-,23?/m0/s1. The van der Waals surface area contributed by atoms with E-state index in [1.54, 1.807) is 7.11 Å². The molecule has 3 aliphatic rings. The van der Waals surface area contributed by atoms with Crippen LogP contribution in [-0.4, -0.2) is 54.5 Å². The fourth-order valence-electron chi connectivity index (χ4n) is 5.86. The maximum absolute atomic E-state index is 11.4.